The Bertz CT molecular complexity index is 295. The van der Waals surface area contributed by atoms with Crippen molar-refractivity contribution in [1.29, 1.82) is 0 Å². The summed E-state index contributed by atoms with van der Waals surface area (Å²) in [4.78, 5) is 0. The molecule has 0 atom stereocenters. The molecule has 0 aromatic heterocycles. The highest BCUT2D eigenvalue weighted by Crippen LogP contribution is 2.37. The average molecular weight is 240 g/mol. The predicted molar refractivity (Wildman–Crippen MR) is 59.2 cm³/mol. The molecule has 0 aliphatic carbocycles. The highest BCUT2D eigenvalue weighted by molar-refractivity contribution is 7.86. The van der Waals surface area contributed by atoms with E-state index in [2.05, 4.69) is 0 Å². The molecular formula is C7H20N2O3SSi. The molecule has 0 aromatic rings. The summed E-state index contributed by atoms with van der Waals surface area (Å²) in [6.07, 6.45) is 0. The van der Waals surface area contributed by atoms with Gasteiger partial charge in [-0.3, -0.25) is 0 Å². The van der Waals surface area contributed by atoms with Crippen molar-refractivity contribution in [2.24, 2.45) is 5.14 Å². The van der Waals surface area contributed by atoms with Crippen LogP contribution in [0.25, 0.3) is 0 Å². The Hall–Kier alpha value is 0.0469. The predicted octanol–water partition coefficient (Wildman–Crippen LogP) is 1.06. The lowest BCUT2D eigenvalue weighted by atomic mass is 10.2. The van der Waals surface area contributed by atoms with E-state index in [1.807, 2.05) is 33.9 Å². The largest absolute Gasteiger partial charge is 0.328 e. The molecule has 0 saturated heterocycles. The van der Waals surface area contributed by atoms with E-state index in [0.717, 1.165) is 4.47 Å². The lowest BCUT2D eigenvalue weighted by Gasteiger charge is -2.37. The van der Waals surface area contributed by atoms with Gasteiger partial charge in [-0.2, -0.15) is 8.42 Å². The molecule has 0 fully saturated rings. The molecule has 0 heterocycles. The van der Waals surface area contributed by atoms with E-state index in [1.165, 1.54) is 7.05 Å². The zero-order valence-electron chi connectivity index (χ0n) is 9.66. The van der Waals surface area contributed by atoms with Gasteiger partial charge in [0.15, 0.2) is 0 Å². The summed E-state index contributed by atoms with van der Waals surface area (Å²) in [6.45, 7) is 9.98. The van der Waals surface area contributed by atoms with E-state index < -0.39 is 18.5 Å². The molecule has 0 bridgehead atoms. The first kappa shape index (κ1) is 14.0. The smallest absolute Gasteiger partial charge is 0.297 e. The van der Waals surface area contributed by atoms with Crippen LogP contribution in [0.1, 0.15) is 20.8 Å². The lowest BCUT2D eigenvalue weighted by Crippen LogP contribution is -2.48. The van der Waals surface area contributed by atoms with Crippen LogP contribution in [0.4, 0.5) is 0 Å². The summed E-state index contributed by atoms with van der Waals surface area (Å²) < 4.78 is 28.1. The van der Waals surface area contributed by atoms with Gasteiger partial charge in [-0.25, -0.2) is 5.14 Å². The van der Waals surface area contributed by atoms with Gasteiger partial charge in [0.25, 0.3) is 10.2 Å². The number of nitrogens with two attached hydrogens (primary N) is 1. The maximum Gasteiger partial charge on any atom is 0.297 e. The van der Waals surface area contributed by atoms with Gasteiger partial charge in [0.05, 0.1) is 0 Å². The Kier molecular flexibility index (Phi) is 3.91. The Morgan fingerprint density at radius 1 is 1.29 bits per heavy atom. The van der Waals surface area contributed by atoms with Crippen LogP contribution in [0.15, 0.2) is 0 Å². The maximum absolute atomic E-state index is 10.9. The fraction of sp³-hybridized carbons (Fsp3) is 1.00. The van der Waals surface area contributed by atoms with E-state index in [-0.39, 0.29) is 5.04 Å². The molecule has 0 spiro atoms. The summed E-state index contributed by atoms with van der Waals surface area (Å²) in [6, 6.07) is 0. The Morgan fingerprint density at radius 2 is 1.64 bits per heavy atom. The zero-order valence-corrected chi connectivity index (χ0v) is 11.5. The second-order valence-corrected chi connectivity index (χ2v) is 11.1. The first-order valence-corrected chi connectivity index (χ1v) is 8.75. The van der Waals surface area contributed by atoms with Crippen LogP contribution in [-0.2, 0) is 14.7 Å². The van der Waals surface area contributed by atoms with Crippen molar-refractivity contribution in [2.75, 3.05) is 7.05 Å². The van der Waals surface area contributed by atoms with Gasteiger partial charge in [-0.05, 0) is 18.1 Å². The van der Waals surface area contributed by atoms with Crippen LogP contribution in [-0.4, -0.2) is 28.3 Å². The number of rotatable bonds is 3. The van der Waals surface area contributed by atoms with Crippen molar-refractivity contribution in [3.63, 3.8) is 0 Å². The van der Waals surface area contributed by atoms with Crippen molar-refractivity contribution in [1.82, 2.24) is 4.47 Å². The number of nitrogens with zero attached hydrogens (tertiary/aromatic N) is 1. The second-order valence-electron chi connectivity index (χ2n) is 4.81. The third-order valence-electron chi connectivity index (χ3n) is 2.52. The normalized spacial score (nSPS) is 14.9. The topological polar surface area (TPSA) is 72.6 Å². The molecule has 5 nitrogen and oxygen atoms in total. The SMILES string of the molecule is CN(O[Si](C)(C)C(C)(C)C)S(N)(=O)=O. The molecule has 0 aliphatic heterocycles. The molecule has 0 rings (SSSR count). The van der Waals surface area contributed by atoms with Gasteiger partial charge in [0.1, 0.15) is 0 Å². The highest BCUT2D eigenvalue weighted by atomic mass is 32.2. The molecule has 7 heteroatoms. The molecule has 0 radical (unpaired) electrons. The quantitative estimate of drug-likeness (QED) is 0.592. The van der Waals surface area contributed by atoms with Crippen LogP contribution in [0, 0.1) is 0 Å². The monoisotopic (exact) mass is 240 g/mol. The van der Waals surface area contributed by atoms with Crippen LogP contribution in [0.2, 0.25) is 18.1 Å². The summed E-state index contributed by atoms with van der Waals surface area (Å²) in [5.74, 6) is 0. The number of hydroxylamine groups is 1. The third-order valence-corrected chi connectivity index (χ3v) is 7.79. The molecule has 0 amide bonds. The van der Waals surface area contributed by atoms with E-state index >= 15 is 0 Å². The Labute approximate surface area is 87.5 Å². The fourth-order valence-electron chi connectivity index (χ4n) is 0.510. The number of hydrogen-bond donors (Lipinski definition) is 1. The first-order chi connectivity index (χ1) is 5.88. The van der Waals surface area contributed by atoms with E-state index in [0.29, 0.717) is 0 Å². The molecule has 2 N–H and O–H groups in total. The molecular weight excluding hydrogens is 220 g/mol. The standard InChI is InChI=1S/C7H20N2O3SSi/c1-7(2,3)14(5,6)12-9(4)13(8,10)11/h1-6H3,(H2,8,10,11). The summed E-state index contributed by atoms with van der Waals surface area (Å²) >= 11 is 0. The van der Waals surface area contributed by atoms with Gasteiger partial charge in [-0.15, -0.1) is 0 Å². The minimum absolute atomic E-state index is 0.0497. The molecule has 0 aliphatic rings. The van der Waals surface area contributed by atoms with Crippen LogP contribution < -0.4 is 5.14 Å². The molecule has 0 saturated carbocycles. The Morgan fingerprint density at radius 3 is 1.86 bits per heavy atom. The molecule has 86 valence electrons. The molecule has 0 aromatic carbocycles. The first-order valence-electron chi connectivity index (χ1n) is 4.34. The minimum atomic E-state index is -3.75. The second kappa shape index (κ2) is 3.90. The third kappa shape index (κ3) is 3.66. The van der Waals surface area contributed by atoms with Crippen molar-refractivity contribution < 1.29 is 12.9 Å². The fourth-order valence-corrected chi connectivity index (χ4v) is 2.40. The Balaban J connectivity index is 4.70. The minimum Gasteiger partial charge on any atom is -0.328 e. The summed E-state index contributed by atoms with van der Waals surface area (Å²) in [7, 11) is -4.55. The van der Waals surface area contributed by atoms with Gasteiger partial charge in [-0.1, -0.05) is 25.2 Å². The van der Waals surface area contributed by atoms with Crippen molar-refractivity contribution in [3.8, 4) is 0 Å². The van der Waals surface area contributed by atoms with Crippen molar-refractivity contribution >= 4 is 18.5 Å². The highest BCUT2D eigenvalue weighted by Gasteiger charge is 2.40. The summed E-state index contributed by atoms with van der Waals surface area (Å²) in [5.41, 5.74) is 0. The van der Waals surface area contributed by atoms with Gasteiger partial charge in [0, 0.05) is 7.05 Å². The van der Waals surface area contributed by atoms with Gasteiger partial charge < -0.3 is 4.53 Å². The van der Waals surface area contributed by atoms with E-state index in [4.69, 9.17) is 9.67 Å². The van der Waals surface area contributed by atoms with Gasteiger partial charge >= 0.3 is 0 Å². The average Bonchev–Trinajstić information content (AvgIpc) is 1.80. The lowest BCUT2D eigenvalue weighted by molar-refractivity contribution is 0.0459. The van der Waals surface area contributed by atoms with E-state index in [1.54, 1.807) is 0 Å². The van der Waals surface area contributed by atoms with E-state index in [9.17, 15) is 8.42 Å². The van der Waals surface area contributed by atoms with Crippen LogP contribution in [0.3, 0.4) is 0 Å². The zero-order chi connectivity index (χ0) is 11.8. The van der Waals surface area contributed by atoms with Crippen molar-refractivity contribution in [2.45, 2.75) is 38.9 Å². The summed E-state index contributed by atoms with van der Waals surface area (Å²) in [5, 5.41) is 4.88. The van der Waals surface area contributed by atoms with Crippen LogP contribution >= 0.6 is 0 Å². The van der Waals surface area contributed by atoms with Crippen molar-refractivity contribution in [3.05, 3.63) is 0 Å². The molecule has 14 heavy (non-hydrogen) atoms. The van der Waals surface area contributed by atoms with Gasteiger partial charge in [0.2, 0.25) is 8.32 Å². The molecule has 0 unspecified atom stereocenters. The maximum atomic E-state index is 10.9. The van der Waals surface area contributed by atoms with Crippen LogP contribution in [0.5, 0.6) is 0 Å². The number of hydrogen-bond acceptors (Lipinski definition) is 3.